The summed E-state index contributed by atoms with van der Waals surface area (Å²) in [5, 5.41) is 12.6. The monoisotopic (exact) mass is 211 g/mol. The zero-order valence-electron chi connectivity index (χ0n) is 8.46. The van der Waals surface area contributed by atoms with Crippen molar-refractivity contribution >= 4 is 5.97 Å². The van der Waals surface area contributed by atoms with E-state index in [4.69, 9.17) is 9.63 Å². The lowest BCUT2D eigenvalue weighted by Crippen LogP contribution is -2.38. The standard InChI is InChI=1S/C9H13N3O3/c1-6-2-3-12(8(6)9(13)14)4-7-10-5-11-15-7/h5-6,8H,2-4H2,1H3,(H,13,14). The topological polar surface area (TPSA) is 79.5 Å². The Hall–Kier alpha value is -1.43. The Bertz CT molecular complexity index is 338. The van der Waals surface area contributed by atoms with Crippen LogP contribution in [0.25, 0.3) is 0 Å². The molecule has 0 aliphatic carbocycles. The number of carboxylic acid groups (broad SMARTS) is 1. The molecule has 2 unspecified atom stereocenters. The zero-order chi connectivity index (χ0) is 10.8. The van der Waals surface area contributed by atoms with Crippen LogP contribution < -0.4 is 0 Å². The molecule has 1 aromatic rings. The van der Waals surface area contributed by atoms with E-state index in [1.165, 1.54) is 6.33 Å². The summed E-state index contributed by atoms with van der Waals surface area (Å²) in [6.45, 7) is 3.13. The van der Waals surface area contributed by atoms with Gasteiger partial charge in [-0.25, -0.2) is 0 Å². The van der Waals surface area contributed by atoms with E-state index in [1.54, 1.807) is 0 Å². The Morgan fingerprint density at radius 2 is 2.60 bits per heavy atom. The molecule has 2 rings (SSSR count). The molecule has 1 N–H and O–H groups in total. The van der Waals surface area contributed by atoms with Crippen molar-refractivity contribution in [2.24, 2.45) is 5.92 Å². The van der Waals surface area contributed by atoms with Gasteiger partial charge in [0.1, 0.15) is 6.04 Å². The number of likely N-dealkylation sites (tertiary alicyclic amines) is 1. The Morgan fingerprint density at radius 1 is 1.80 bits per heavy atom. The maximum atomic E-state index is 11.0. The molecule has 0 saturated carbocycles. The molecule has 6 nitrogen and oxygen atoms in total. The smallest absolute Gasteiger partial charge is 0.321 e. The predicted molar refractivity (Wildman–Crippen MR) is 49.9 cm³/mol. The van der Waals surface area contributed by atoms with Gasteiger partial charge in [0.2, 0.25) is 5.89 Å². The highest BCUT2D eigenvalue weighted by Crippen LogP contribution is 2.25. The van der Waals surface area contributed by atoms with Crippen LogP contribution >= 0.6 is 0 Å². The van der Waals surface area contributed by atoms with Crippen molar-refractivity contribution in [2.45, 2.75) is 25.9 Å². The number of hydrogen-bond donors (Lipinski definition) is 1. The number of aliphatic carboxylic acids is 1. The van der Waals surface area contributed by atoms with Crippen LogP contribution in [-0.2, 0) is 11.3 Å². The highest BCUT2D eigenvalue weighted by atomic mass is 16.5. The molecule has 6 heteroatoms. The summed E-state index contributed by atoms with van der Waals surface area (Å²) < 4.78 is 4.86. The van der Waals surface area contributed by atoms with E-state index in [0.717, 1.165) is 13.0 Å². The van der Waals surface area contributed by atoms with Crippen molar-refractivity contribution in [1.29, 1.82) is 0 Å². The van der Waals surface area contributed by atoms with Gasteiger partial charge in [-0.15, -0.1) is 0 Å². The van der Waals surface area contributed by atoms with Crippen molar-refractivity contribution in [2.75, 3.05) is 6.54 Å². The normalized spacial score (nSPS) is 27.0. The lowest BCUT2D eigenvalue weighted by atomic mass is 10.0. The fourth-order valence-corrected chi connectivity index (χ4v) is 2.04. The second-order valence-corrected chi connectivity index (χ2v) is 3.85. The van der Waals surface area contributed by atoms with Crippen molar-refractivity contribution in [3.63, 3.8) is 0 Å². The highest BCUT2D eigenvalue weighted by Gasteiger charge is 2.37. The van der Waals surface area contributed by atoms with Gasteiger partial charge in [-0.2, -0.15) is 4.98 Å². The van der Waals surface area contributed by atoms with Gasteiger partial charge < -0.3 is 9.63 Å². The van der Waals surface area contributed by atoms with E-state index in [2.05, 4.69) is 10.1 Å². The molecule has 1 aromatic heterocycles. The van der Waals surface area contributed by atoms with Gasteiger partial charge in [0, 0.05) is 0 Å². The molecular formula is C9H13N3O3. The van der Waals surface area contributed by atoms with E-state index in [9.17, 15) is 4.79 Å². The number of carboxylic acids is 1. The van der Waals surface area contributed by atoms with Crippen molar-refractivity contribution < 1.29 is 14.4 Å². The van der Waals surface area contributed by atoms with Crippen LogP contribution in [0.3, 0.4) is 0 Å². The quantitative estimate of drug-likeness (QED) is 0.777. The molecule has 1 aliphatic rings. The third-order valence-corrected chi connectivity index (χ3v) is 2.80. The molecule has 0 bridgehead atoms. The van der Waals surface area contributed by atoms with E-state index in [0.29, 0.717) is 12.4 Å². The van der Waals surface area contributed by atoms with E-state index < -0.39 is 12.0 Å². The van der Waals surface area contributed by atoms with Crippen molar-refractivity contribution in [1.82, 2.24) is 15.0 Å². The molecule has 15 heavy (non-hydrogen) atoms. The Labute approximate surface area is 86.9 Å². The summed E-state index contributed by atoms with van der Waals surface area (Å²) in [4.78, 5) is 16.8. The molecule has 0 spiro atoms. The van der Waals surface area contributed by atoms with E-state index in [1.807, 2.05) is 11.8 Å². The number of rotatable bonds is 3. The fraction of sp³-hybridized carbons (Fsp3) is 0.667. The first kappa shape index (κ1) is 10.1. The number of carbonyl (C=O) groups is 1. The average Bonchev–Trinajstić information content (AvgIpc) is 2.76. The fourth-order valence-electron chi connectivity index (χ4n) is 2.04. The predicted octanol–water partition coefficient (Wildman–Crippen LogP) is 0.365. The van der Waals surface area contributed by atoms with Crippen LogP contribution in [0.1, 0.15) is 19.2 Å². The third kappa shape index (κ3) is 1.99. The highest BCUT2D eigenvalue weighted by molar-refractivity contribution is 5.74. The Kier molecular flexibility index (Phi) is 2.68. The summed E-state index contributed by atoms with van der Waals surface area (Å²) in [7, 11) is 0. The first-order valence-electron chi connectivity index (χ1n) is 4.91. The second kappa shape index (κ2) is 3.98. The molecule has 0 amide bonds. The number of nitrogens with zero attached hydrogens (tertiary/aromatic N) is 3. The van der Waals surface area contributed by atoms with Crippen molar-refractivity contribution in [3.05, 3.63) is 12.2 Å². The average molecular weight is 211 g/mol. The molecule has 1 saturated heterocycles. The van der Waals surface area contributed by atoms with Gasteiger partial charge in [0.25, 0.3) is 0 Å². The minimum absolute atomic E-state index is 0.172. The Balaban J connectivity index is 2.06. The first-order valence-corrected chi connectivity index (χ1v) is 4.91. The van der Waals surface area contributed by atoms with Crippen LogP contribution in [0.2, 0.25) is 0 Å². The molecule has 1 fully saturated rings. The van der Waals surface area contributed by atoms with E-state index >= 15 is 0 Å². The second-order valence-electron chi connectivity index (χ2n) is 3.85. The molecule has 2 heterocycles. The van der Waals surface area contributed by atoms with Gasteiger partial charge in [-0.05, 0) is 18.9 Å². The number of aromatic nitrogens is 2. The summed E-state index contributed by atoms with van der Waals surface area (Å²) in [6, 6.07) is -0.433. The third-order valence-electron chi connectivity index (χ3n) is 2.80. The van der Waals surface area contributed by atoms with Crippen molar-refractivity contribution in [3.8, 4) is 0 Å². The van der Waals surface area contributed by atoms with E-state index in [-0.39, 0.29) is 5.92 Å². The van der Waals surface area contributed by atoms with Gasteiger partial charge in [0.05, 0.1) is 6.54 Å². The molecular weight excluding hydrogens is 198 g/mol. The van der Waals surface area contributed by atoms with Crippen LogP contribution in [0, 0.1) is 5.92 Å². The SMILES string of the molecule is CC1CCN(Cc2ncno2)C1C(=O)O. The molecule has 2 atom stereocenters. The van der Waals surface area contributed by atoms with Gasteiger partial charge in [-0.3, -0.25) is 9.69 Å². The summed E-state index contributed by atoms with van der Waals surface area (Å²) in [6.07, 6.45) is 2.22. The Morgan fingerprint density at radius 3 is 3.20 bits per heavy atom. The molecule has 1 aliphatic heterocycles. The van der Waals surface area contributed by atoms with Gasteiger partial charge in [-0.1, -0.05) is 12.1 Å². The lowest BCUT2D eigenvalue weighted by molar-refractivity contribution is -0.143. The maximum absolute atomic E-state index is 11.0. The van der Waals surface area contributed by atoms with Gasteiger partial charge in [0.15, 0.2) is 6.33 Å². The maximum Gasteiger partial charge on any atom is 0.321 e. The molecule has 0 aromatic carbocycles. The molecule has 0 radical (unpaired) electrons. The lowest BCUT2D eigenvalue weighted by Gasteiger charge is -2.20. The minimum Gasteiger partial charge on any atom is -0.480 e. The zero-order valence-corrected chi connectivity index (χ0v) is 8.46. The minimum atomic E-state index is -0.778. The summed E-state index contributed by atoms with van der Waals surface area (Å²) in [5.41, 5.74) is 0. The van der Waals surface area contributed by atoms with Crippen LogP contribution in [0.5, 0.6) is 0 Å². The summed E-state index contributed by atoms with van der Waals surface area (Å²) >= 11 is 0. The molecule has 82 valence electrons. The summed E-state index contributed by atoms with van der Waals surface area (Å²) in [5.74, 6) is -0.139. The van der Waals surface area contributed by atoms with Gasteiger partial charge >= 0.3 is 5.97 Å². The number of hydrogen-bond acceptors (Lipinski definition) is 5. The van der Waals surface area contributed by atoms with Crippen LogP contribution in [0.15, 0.2) is 10.9 Å². The van der Waals surface area contributed by atoms with Crippen LogP contribution in [-0.4, -0.2) is 38.7 Å². The van der Waals surface area contributed by atoms with Crippen LogP contribution in [0.4, 0.5) is 0 Å². The first-order chi connectivity index (χ1) is 7.18. The largest absolute Gasteiger partial charge is 0.480 e.